The van der Waals surface area contributed by atoms with E-state index in [9.17, 15) is 4.79 Å². The molecule has 0 aliphatic carbocycles. The second-order valence-corrected chi connectivity index (χ2v) is 3.53. The molecular formula is C8H12BrN3O. The number of alkyl halides is 1. The van der Waals surface area contributed by atoms with Crippen molar-refractivity contribution in [2.24, 2.45) is 7.05 Å². The lowest BCUT2D eigenvalue weighted by molar-refractivity contribution is -0.120. The number of aromatic nitrogens is 2. The van der Waals surface area contributed by atoms with Crippen LogP contribution >= 0.6 is 15.9 Å². The van der Waals surface area contributed by atoms with Crippen LogP contribution in [-0.4, -0.2) is 21.0 Å². The van der Waals surface area contributed by atoms with E-state index in [4.69, 9.17) is 0 Å². The molecule has 0 aliphatic heterocycles. The number of aryl methyl sites for hydroxylation is 1. The molecule has 0 atom stereocenters. The smallest absolute Gasteiger partial charge is 0.221 e. The summed E-state index contributed by atoms with van der Waals surface area (Å²) in [6.45, 7) is 0.555. The summed E-state index contributed by atoms with van der Waals surface area (Å²) >= 11 is 3.20. The molecule has 72 valence electrons. The minimum atomic E-state index is 0.0562. The lowest BCUT2D eigenvalue weighted by Crippen LogP contribution is -2.22. The van der Waals surface area contributed by atoms with E-state index in [1.807, 2.05) is 13.2 Å². The molecule has 0 aromatic carbocycles. The molecule has 0 fully saturated rings. The molecule has 13 heavy (non-hydrogen) atoms. The Hall–Kier alpha value is -0.840. The molecule has 0 radical (unpaired) electrons. The van der Waals surface area contributed by atoms with Gasteiger partial charge in [-0.1, -0.05) is 15.9 Å². The van der Waals surface area contributed by atoms with E-state index in [1.165, 1.54) is 0 Å². The maximum Gasteiger partial charge on any atom is 0.221 e. The highest BCUT2D eigenvalue weighted by atomic mass is 79.9. The first-order chi connectivity index (χ1) is 6.22. The van der Waals surface area contributed by atoms with E-state index in [1.54, 1.807) is 10.9 Å². The Morgan fingerprint density at radius 1 is 1.77 bits per heavy atom. The Labute approximate surface area is 85.4 Å². The van der Waals surface area contributed by atoms with Gasteiger partial charge >= 0.3 is 0 Å². The zero-order valence-electron chi connectivity index (χ0n) is 7.46. The van der Waals surface area contributed by atoms with Crippen molar-refractivity contribution in [3.8, 4) is 0 Å². The second kappa shape index (κ2) is 5.01. The van der Waals surface area contributed by atoms with E-state index < -0.39 is 0 Å². The predicted molar refractivity (Wildman–Crippen MR) is 53.5 cm³/mol. The highest BCUT2D eigenvalue weighted by Crippen LogP contribution is 1.95. The standard InChI is InChI=1S/C8H12BrN3O/c1-12-6-7(5-11-12)4-10-8(13)2-3-9/h5-6H,2-4H2,1H3,(H,10,13). The van der Waals surface area contributed by atoms with Crippen LogP contribution < -0.4 is 5.32 Å². The number of nitrogens with zero attached hydrogens (tertiary/aromatic N) is 2. The first-order valence-corrected chi connectivity index (χ1v) is 5.14. The third-order valence-electron chi connectivity index (χ3n) is 1.57. The third-order valence-corrected chi connectivity index (χ3v) is 1.97. The summed E-state index contributed by atoms with van der Waals surface area (Å²) in [6, 6.07) is 0. The quantitative estimate of drug-likeness (QED) is 0.799. The first kappa shape index (κ1) is 10.2. The van der Waals surface area contributed by atoms with Gasteiger partial charge in [-0.25, -0.2) is 0 Å². The minimum Gasteiger partial charge on any atom is -0.352 e. The van der Waals surface area contributed by atoms with Crippen molar-refractivity contribution in [2.45, 2.75) is 13.0 Å². The molecule has 4 nitrogen and oxygen atoms in total. The summed E-state index contributed by atoms with van der Waals surface area (Å²) in [5.74, 6) is 0.0562. The van der Waals surface area contributed by atoms with E-state index in [0.717, 1.165) is 5.56 Å². The minimum absolute atomic E-state index is 0.0562. The molecular weight excluding hydrogens is 234 g/mol. The fraction of sp³-hybridized carbons (Fsp3) is 0.500. The Morgan fingerprint density at radius 2 is 2.54 bits per heavy atom. The largest absolute Gasteiger partial charge is 0.352 e. The van der Waals surface area contributed by atoms with Gasteiger partial charge in [0.05, 0.1) is 6.20 Å². The number of carbonyl (C=O) groups excluding carboxylic acids is 1. The molecule has 1 N–H and O–H groups in total. The summed E-state index contributed by atoms with van der Waals surface area (Å²) in [7, 11) is 1.85. The molecule has 0 aliphatic rings. The van der Waals surface area contributed by atoms with E-state index in [2.05, 4.69) is 26.3 Å². The van der Waals surface area contributed by atoms with Gasteiger partial charge in [0.2, 0.25) is 5.91 Å². The fourth-order valence-corrected chi connectivity index (χ4v) is 1.30. The SMILES string of the molecule is Cn1cc(CNC(=O)CCBr)cn1. The van der Waals surface area contributed by atoms with Crippen LogP contribution in [0.5, 0.6) is 0 Å². The van der Waals surface area contributed by atoms with Gasteiger partial charge in [0.15, 0.2) is 0 Å². The van der Waals surface area contributed by atoms with Gasteiger partial charge in [-0.05, 0) is 0 Å². The van der Waals surface area contributed by atoms with Crippen LogP contribution in [0.3, 0.4) is 0 Å². The molecule has 1 amide bonds. The normalized spacial score (nSPS) is 10.0. The molecule has 1 rings (SSSR count). The summed E-state index contributed by atoms with van der Waals surface area (Å²) in [5.41, 5.74) is 1.02. The molecule has 0 bridgehead atoms. The monoisotopic (exact) mass is 245 g/mol. The highest BCUT2D eigenvalue weighted by Gasteiger charge is 2.00. The Balaban J connectivity index is 2.30. The molecule has 1 aromatic heterocycles. The average Bonchev–Trinajstić information content (AvgIpc) is 2.49. The summed E-state index contributed by atoms with van der Waals surface area (Å²) in [4.78, 5) is 11.1. The van der Waals surface area contributed by atoms with Gasteiger partial charge in [0.1, 0.15) is 0 Å². The van der Waals surface area contributed by atoms with Crippen molar-refractivity contribution in [3.05, 3.63) is 18.0 Å². The van der Waals surface area contributed by atoms with Crippen LogP contribution in [0.15, 0.2) is 12.4 Å². The van der Waals surface area contributed by atoms with E-state index in [-0.39, 0.29) is 5.91 Å². The number of hydrogen-bond donors (Lipinski definition) is 1. The fourth-order valence-electron chi connectivity index (χ4n) is 0.938. The van der Waals surface area contributed by atoms with Gasteiger partial charge in [-0.2, -0.15) is 5.10 Å². The van der Waals surface area contributed by atoms with Crippen molar-refractivity contribution in [1.29, 1.82) is 0 Å². The van der Waals surface area contributed by atoms with Crippen molar-refractivity contribution in [2.75, 3.05) is 5.33 Å². The Kier molecular flexibility index (Phi) is 3.95. The van der Waals surface area contributed by atoms with Crippen LogP contribution in [0.25, 0.3) is 0 Å². The first-order valence-electron chi connectivity index (χ1n) is 4.02. The van der Waals surface area contributed by atoms with Crippen molar-refractivity contribution < 1.29 is 4.79 Å². The van der Waals surface area contributed by atoms with Crippen LogP contribution in [0.1, 0.15) is 12.0 Å². The number of halogens is 1. The lowest BCUT2D eigenvalue weighted by atomic mass is 10.3. The van der Waals surface area contributed by atoms with Crippen molar-refractivity contribution >= 4 is 21.8 Å². The van der Waals surface area contributed by atoms with Gasteiger partial charge < -0.3 is 5.32 Å². The molecule has 1 heterocycles. The number of carbonyl (C=O) groups is 1. The Bertz CT molecular complexity index is 285. The van der Waals surface area contributed by atoms with Crippen molar-refractivity contribution in [3.63, 3.8) is 0 Å². The predicted octanol–water partition coefficient (Wildman–Crippen LogP) is 0.821. The molecule has 0 unspecified atom stereocenters. The number of nitrogens with one attached hydrogen (secondary N) is 1. The van der Waals surface area contributed by atoms with Crippen LogP contribution in [0.2, 0.25) is 0 Å². The maximum absolute atomic E-state index is 11.1. The lowest BCUT2D eigenvalue weighted by Gasteiger charge is -2.00. The van der Waals surface area contributed by atoms with Gasteiger partial charge in [-0.15, -0.1) is 0 Å². The maximum atomic E-state index is 11.1. The molecule has 1 aromatic rings. The summed E-state index contributed by atoms with van der Waals surface area (Å²) in [5, 5.41) is 7.49. The summed E-state index contributed by atoms with van der Waals surface area (Å²) in [6.07, 6.45) is 4.14. The van der Waals surface area contributed by atoms with Gasteiger partial charge in [0.25, 0.3) is 0 Å². The molecule has 5 heteroatoms. The van der Waals surface area contributed by atoms with Crippen LogP contribution in [-0.2, 0) is 18.4 Å². The highest BCUT2D eigenvalue weighted by molar-refractivity contribution is 9.09. The number of hydrogen-bond acceptors (Lipinski definition) is 2. The number of rotatable bonds is 4. The van der Waals surface area contributed by atoms with Gasteiger partial charge in [0, 0.05) is 37.1 Å². The third kappa shape index (κ3) is 3.59. The van der Waals surface area contributed by atoms with Crippen molar-refractivity contribution in [1.82, 2.24) is 15.1 Å². The van der Waals surface area contributed by atoms with Crippen LogP contribution in [0, 0.1) is 0 Å². The van der Waals surface area contributed by atoms with Gasteiger partial charge in [-0.3, -0.25) is 9.48 Å². The molecule has 0 saturated heterocycles. The topological polar surface area (TPSA) is 46.9 Å². The van der Waals surface area contributed by atoms with E-state index >= 15 is 0 Å². The zero-order chi connectivity index (χ0) is 9.68. The average molecular weight is 246 g/mol. The Morgan fingerprint density at radius 3 is 3.08 bits per heavy atom. The molecule has 0 spiro atoms. The molecule has 0 saturated carbocycles. The van der Waals surface area contributed by atoms with Crippen LogP contribution in [0.4, 0.5) is 0 Å². The zero-order valence-corrected chi connectivity index (χ0v) is 9.04. The van der Waals surface area contributed by atoms with E-state index in [0.29, 0.717) is 18.3 Å². The summed E-state index contributed by atoms with van der Waals surface area (Å²) < 4.78 is 1.71. The number of amides is 1. The second-order valence-electron chi connectivity index (χ2n) is 2.74.